The third-order valence-electron chi connectivity index (χ3n) is 3.61. The van der Waals surface area contributed by atoms with Crippen LogP contribution >= 0.6 is 39.5 Å². The number of halogens is 1. The van der Waals surface area contributed by atoms with Gasteiger partial charge in [0.15, 0.2) is 11.7 Å². The molecule has 0 radical (unpaired) electrons. The minimum Gasteiger partial charge on any atom is -0.484 e. The second-order valence-electron chi connectivity index (χ2n) is 5.55. The van der Waals surface area contributed by atoms with Gasteiger partial charge in [-0.05, 0) is 62.3 Å². The Morgan fingerprint density at radius 3 is 2.62 bits per heavy atom. The predicted octanol–water partition coefficient (Wildman–Crippen LogP) is 3.43. The van der Waals surface area contributed by atoms with Crippen molar-refractivity contribution in [2.75, 3.05) is 11.9 Å². The van der Waals surface area contributed by atoms with Crippen molar-refractivity contribution in [1.29, 1.82) is 0 Å². The number of nitrogens with two attached hydrogens (primary N) is 1. The SMILES string of the molecule is Cc1cc(OCC(=O)NC(=S)Nc2sc(C)c(C)c2C(N)=O)ccc1Br. The van der Waals surface area contributed by atoms with Crippen LogP contribution in [0.1, 0.15) is 26.4 Å². The number of thiocarbonyl (C=S) groups is 1. The van der Waals surface area contributed by atoms with Gasteiger partial charge >= 0.3 is 0 Å². The molecule has 1 aromatic carbocycles. The third kappa shape index (κ3) is 5.03. The number of hydrogen-bond acceptors (Lipinski definition) is 5. The lowest BCUT2D eigenvalue weighted by Crippen LogP contribution is -2.37. The maximum atomic E-state index is 12.0. The molecule has 2 aromatic rings. The molecule has 2 amide bonds. The number of carbonyl (C=O) groups is 2. The van der Waals surface area contributed by atoms with Crippen LogP contribution in [0.5, 0.6) is 5.75 Å². The summed E-state index contributed by atoms with van der Waals surface area (Å²) < 4.78 is 6.41. The van der Waals surface area contributed by atoms with Gasteiger partial charge in [0.25, 0.3) is 11.8 Å². The summed E-state index contributed by atoms with van der Waals surface area (Å²) in [6, 6.07) is 5.43. The van der Waals surface area contributed by atoms with Gasteiger partial charge in [0, 0.05) is 9.35 Å². The van der Waals surface area contributed by atoms with E-state index in [1.807, 2.05) is 32.9 Å². The van der Waals surface area contributed by atoms with Crippen LogP contribution < -0.4 is 21.1 Å². The number of thiophene rings is 1. The quantitative estimate of drug-likeness (QED) is 0.600. The van der Waals surface area contributed by atoms with Crippen LogP contribution in [-0.2, 0) is 4.79 Å². The van der Waals surface area contributed by atoms with Crippen LogP contribution in [0, 0.1) is 20.8 Å². The van der Waals surface area contributed by atoms with Gasteiger partial charge in [0.05, 0.1) is 5.56 Å². The van der Waals surface area contributed by atoms with E-state index in [-0.39, 0.29) is 11.7 Å². The van der Waals surface area contributed by atoms with Crippen molar-refractivity contribution < 1.29 is 14.3 Å². The minimum absolute atomic E-state index is 0.0781. The van der Waals surface area contributed by atoms with Crippen LogP contribution in [0.4, 0.5) is 5.00 Å². The van der Waals surface area contributed by atoms with E-state index in [9.17, 15) is 9.59 Å². The van der Waals surface area contributed by atoms with Gasteiger partial charge in [-0.2, -0.15) is 0 Å². The molecule has 26 heavy (non-hydrogen) atoms. The lowest BCUT2D eigenvalue weighted by Gasteiger charge is -2.11. The summed E-state index contributed by atoms with van der Waals surface area (Å²) in [6.45, 7) is 5.44. The van der Waals surface area contributed by atoms with Gasteiger partial charge < -0.3 is 15.8 Å². The van der Waals surface area contributed by atoms with Crippen molar-refractivity contribution in [2.45, 2.75) is 20.8 Å². The Bertz CT molecular complexity index is 880. The smallest absolute Gasteiger partial charge is 0.264 e. The standard InChI is InChI=1S/C17H18BrN3O3S2/c1-8-6-11(4-5-12(8)18)24-7-13(22)20-17(25)21-16-14(15(19)23)9(2)10(3)26-16/h4-6H,7H2,1-3H3,(H2,19,23)(H2,20,21,22,25). The molecule has 138 valence electrons. The Morgan fingerprint density at radius 1 is 1.31 bits per heavy atom. The predicted molar refractivity (Wildman–Crippen MR) is 111 cm³/mol. The molecular weight excluding hydrogens is 438 g/mol. The molecule has 2 rings (SSSR count). The molecule has 0 saturated heterocycles. The normalized spacial score (nSPS) is 10.3. The molecule has 0 aliphatic carbocycles. The number of rotatable bonds is 5. The molecule has 1 aromatic heterocycles. The number of hydrogen-bond donors (Lipinski definition) is 3. The van der Waals surface area contributed by atoms with E-state index in [4.69, 9.17) is 22.7 Å². The topological polar surface area (TPSA) is 93.4 Å². The van der Waals surface area contributed by atoms with E-state index >= 15 is 0 Å². The third-order valence-corrected chi connectivity index (χ3v) is 5.83. The zero-order valence-corrected chi connectivity index (χ0v) is 17.7. The molecule has 1 heterocycles. The monoisotopic (exact) mass is 455 g/mol. The van der Waals surface area contributed by atoms with E-state index in [0.717, 1.165) is 20.5 Å². The number of benzene rings is 1. The average molecular weight is 456 g/mol. The lowest BCUT2D eigenvalue weighted by atomic mass is 10.1. The van der Waals surface area contributed by atoms with Gasteiger partial charge in [-0.15, -0.1) is 11.3 Å². The summed E-state index contributed by atoms with van der Waals surface area (Å²) in [7, 11) is 0. The molecular formula is C17H18BrN3O3S2. The average Bonchev–Trinajstić information content (AvgIpc) is 2.82. The first-order valence-corrected chi connectivity index (χ1v) is 9.60. The zero-order chi connectivity index (χ0) is 19.4. The van der Waals surface area contributed by atoms with E-state index in [1.54, 1.807) is 6.07 Å². The first kappa shape index (κ1) is 20.3. The van der Waals surface area contributed by atoms with Crippen molar-refractivity contribution in [3.05, 3.63) is 44.2 Å². The van der Waals surface area contributed by atoms with Crippen molar-refractivity contribution in [2.24, 2.45) is 5.73 Å². The van der Waals surface area contributed by atoms with E-state index in [1.165, 1.54) is 11.3 Å². The molecule has 0 saturated carbocycles. The minimum atomic E-state index is -0.544. The van der Waals surface area contributed by atoms with E-state index < -0.39 is 11.8 Å². The highest BCUT2D eigenvalue weighted by Crippen LogP contribution is 2.31. The Kier molecular flexibility index (Phi) is 6.74. The lowest BCUT2D eigenvalue weighted by molar-refractivity contribution is -0.121. The molecule has 0 fully saturated rings. The Hall–Kier alpha value is -1.97. The number of carbonyl (C=O) groups excluding carboxylic acids is 2. The molecule has 0 aliphatic rings. The van der Waals surface area contributed by atoms with Crippen LogP contribution in [0.25, 0.3) is 0 Å². The molecule has 0 aliphatic heterocycles. The molecule has 0 atom stereocenters. The highest BCUT2D eigenvalue weighted by atomic mass is 79.9. The van der Waals surface area contributed by atoms with Gasteiger partial charge in [0.2, 0.25) is 0 Å². The van der Waals surface area contributed by atoms with E-state index in [2.05, 4.69) is 26.6 Å². The number of primary amides is 1. The second kappa shape index (κ2) is 8.61. The van der Waals surface area contributed by atoms with Gasteiger partial charge in [-0.3, -0.25) is 14.9 Å². The fourth-order valence-corrected chi connectivity index (χ4v) is 3.76. The molecule has 9 heteroatoms. The largest absolute Gasteiger partial charge is 0.484 e. The molecule has 0 bridgehead atoms. The maximum Gasteiger partial charge on any atom is 0.264 e. The number of aryl methyl sites for hydroxylation is 2. The fraction of sp³-hybridized carbons (Fsp3) is 0.235. The fourth-order valence-electron chi connectivity index (χ4n) is 2.16. The second-order valence-corrected chi connectivity index (χ2v) is 8.04. The molecule has 6 nitrogen and oxygen atoms in total. The summed E-state index contributed by atoms with van der Waals surface area (Å²) in [5.41, 5.74) is 7.60. The number of amides is 2. The van der Waals surface area contributed by atoms with Crippen LogP contribution in [0.15, 0.2) is 22.7 Å². The van der Waals surface area contributed by atoms with Gasteiger partial charge in [-0.1, -0.05) is 15.9 Å². The number of ether oxygens (including phenoxy) is 1. The van der Waals surface area contributed by atoms with Crippen molar-refractivity contribution in [3.63, 3.8) is 0 Å². The van der Waals surface area contributed by atoms with Crippen LogP contribution in [-0.4, -0.2) is 23.5 Å². The Labute approximate surface area is 169 Å². The van der Waals surface area contributed by atoms with Crippen LogP contribution in [0.2, 0.25) is 0 Å². The number of anilines is 1. The zero-order valence-electron chi connectivity index (χ0n) is 14.4. The molecule has 0 spiro atoms. The van der Waals surface area contributed by atoms with E-state index in [0.29, 0.717) is 16.3 Å². The Morgan fingerprint density at radius 2 is 2.00 bits per heavy atom. The Balaban J connectivity index is 1.93. The summed E-state index contributed by atoms with van der Waals surface area (Å²) in [5.74, 6) is -0.369. The van der Waals surface area contributed by atoms with Gasteiger partial charge in [-0.25, -0.2) is 0 Å². The number of nitrogens with one attached hydrogen (secondary N) is 2. The summed E-state index contributed by atoms with van der Waals surface area (Å²) >= 11 is 9.89. The van der Waals surface area contributed by atoms with Crippen molar-refractivity contribution in [3.8, 4) is 5.75 Å². The maximum absolute atomic E-state index is 12.0. The highest BCUT2D eigenvalue weighted by molar-refractivity contribution is 9.10. The van der Waals surface area contributed by atoms with Crippen molar-refractivity contribution >= 4 is 61.4 Å². The van der Waals surface area contributed by atoms with Crippen LogP contribution in [0.3, 0.4) is 0 Å². The first-order valence-electron chi connectivity index (χ1n) is 7.58. The molecule has 4 N–H and O–H groups in total. The van der Waals surface area contributed by atoms with Crippen molar-refractivity contribution in [1.82, 2.24) is 5.32 Å². The summed E-state index contributed by atoms with van der Waals surface area (Å²) in [5, 5.41) is 5.97. The highest BCUT2D eigenvalue weighted by Gasteiger charge is 2.18. The summed E-state index contributed by atoms with van der Waals surface area (Å²) in [6.07, 6.45) is 0. The van der Waals surface area contributed by atoms with Gasteiger partial charge in [0.1, 0.15) is 10.8 Å². The first-order chi connectivity index (χ1) is 12.2. The summed E-state index contributed by atoms with van der Waals surface area (Å²) in [4.78, 5) is 24.6. The molecule has 0 unspecified atom stereocenters.